The fourth-order valence-electron chi connectivity index (χ4n) is 1.57. The molecular weight excluding hydrogens is 286 g/mol. The lowest BCUT2D eigenvalue weighted by Crippen LogP contribution is -2.43. The Hall–Kier alpha value is -2.57. The first-order valence-corrected chi connectivity index (χ1v) is 6.97. The number of carbonyl (C=O) groups is 3. The van der Waals surface area contributed by atoms with E-state index in [1.54, 1.807) is 38.1 Å². The molecule has 0 aliphatic rings. The summed E-state index contributed by atoms with van der Waals surface area (Å²) in [7, 11) is 0. The average molecular weight is 307 g/mol. The molecular formula is C15H21N3O4. The second-order valence-electron chi connectivity index (χ2n) is 5.02. The lowest BCUT2D eigenvalue weighted by molar-refractivity contribution is -0.150. The molecule has 0 radical (unpaired) electrons. The molecule has 0 bridgehead atoms. The molecule has 7 heteroatoms. The van der Waals surface area contributed by atoms with Crippen LogP contribution in [0, 0.1) is 0 Å². The molecule has 0 aromatic heterocycles. The summed E-state index contributed by atoms with van der Waals surface area (Å²) in [6.45, 7) is 4.71. The molecule has 0 spiro atoms. The van der Waals surface area contributed by atoms with Crippen LogP contribution in [0.5, 0.6) is 0 Å². The maximum absolute atomic E-state index is 11.7. The van der Waals surface area contributed by atoms with Gasteiger partial charge in [0.2, 0.25) is 0 Å². The van der Waals surface area contributed by atoms with Crippen molar-refractivity contribution in [2.45, 2.75) is 32.9 Å². The lowest BCUT2D eigenvalue weighted by atomic mass is 10.3. The fraction of sp³-hybridized carbons (Fsp3) is 0.400. The molecule has 7 nitrogen and oxygen atoms in total. The largest absolute Gasteiger partial charge is 0.454 e. The summed E-state index contributed by atoms with van der Waals surface area (Å²) in [5.74, 6) is -1.06. The molecule has 1 rings (SSSR count). The molecule has 0 unspecified atom stereocenters. The first-order valence-electron chi connectivity index (χ1n) is 6.97. The van der Waals surface area contributed by atoms with Crippen LogP contribution in [0.3, 0.4) is 0 Å². The van der Waals surface area contributed by atoms with E-state index in [9.17, 15) is 14.4 Å². The second-order valence-corrected chi connectivity index (χ2v) is 5.02. The number of carbonyl (C=O) groups excluding carboxylic acids is 3. The molecule has 0 saturated carbocycles. The third kappa shape index (κ3) is 6.74. The van der Waals surface area contributed by atoms with Gasteiger partial charge >= 0.3 is 12.0 Å². The highest BCUT2D eigenvalue weighted by Crippen LogP contribution is 2.04. The number of para-hydroxylation sites is 1. The van der Waals surface area contributed by atoms with Gasteiger partial charge in [-0.15, -0.1) is 0 Å². The van der Waals surface area contributed by atoms with Crippen molar-refractivity contribution < 1.29 is 19.1 Å². The highest BCUT2D eigenvalue weighted by atomic mass is 16.5. The Kier molecular flexibility index (Phi) is 6.88. The molecule has 0 saturated heterocycles. The van der Waals surface area contributed by atoms with Crippen LogP contribution in [0.2, 0.25) is 0 Å². The van der Waals surface area contributed by atoms with Gasteiger partial charge in [0, 0.05) is 11.7 Å². The van der Waals surface area contributed by atoms with Crippen LogP contribution in [0.15, 0.2) is 30.3 Å². The Morgan fingerprint density at radius 1 is 1.05 bits per heavy atom. The zero-order valence-electron chi connectivity index (χ0n) is 12.9. The summed E-state index contributed by atoms with van der Waals surface area (Å²) in [4.78, 5) is 34.7. The topological polar surface area (TPSA) is 96.5 Å². The van der Waals surface area contributed by atoms with Gasteiger partial charge in [0.05, 0.1) is 0 Å². The second kappa shape index (κ2) is 8.66. The van der Waals surface area contributed by atoms with E-state index in [2.05, 4.69) is 16.0 Å². The zero-order chi connectivity index (χ0) is 16.5. The van der Waals surface area contributed by atoms with Crippen LogP contribution in [0.1, 0.15) is 20.8 Å². The molecule has 120 valence electrons. The third-order valence-electron chi connectivity index (χ3n) is 2.53. The molecule has 22 heavy (non-hydrogen) atoms. The molecule has 1 aromatic rings. The number of urea groups is 1. The molecule has 0 aliphatic heterocycles. The van der Waals surface area contributed by atoms with Gasteiger partial charge in [0.15, 0.2) is 6.61 Å². The first kappa shape index (κ1) is 17.5. The number of hydrogen-bond acceptors (Lipinski definition) is 4. The molecule has 1 atom stereocenters. The van der Waals surface area contributed by atoms with Crippen LogP contribution in [-0.4, -0.2) is 36.6 Å². The number of hydrogen-bond donors (Lipinski definition) is 3. The summed E-state index contributed by atoms with van der Waals surface area (Å²) in [6.07, 6.45) is 0. The standard InChI is InChI=1S/C15H21N3O4/c1-10(2)16-13(19)9-22-14(20)11(3)17-15(21)18-12-7-5-4-6-8-12/h4-8,10-11H,9H2,1-3H3,(H,16,19)(H2,17,18,21)/t11-/m0/s1. The van der Waals surface area contributed by atoms with E-state index in [1.165, 1.54) is 6.92 Å². The maximum atomic E-state index is 11.7. The SMILES string of the molecule is CC(C)NC(=O)COC(=O)[C@H](C)NC(=O)Nc1ccccc1. The number of amides is 3. The predicted molar refractivity (Wildman–Crippen MR) is 82.3 cm³/mol. The molecule has 0 heterocycles. The van der Waals surface area contributed by atoms with Crippen molar-refractivity contribution in [3.63, 3.8) is 0 Å². The van der Waals surface area contributed by atoms with Gasteiger partial charge < -0.3 is 20.7 Å². The molecule has 0 aliphatic carbocycles. The average Bonchev–Trinajstić information content (AvgIpc) is 2.44. The normalized spacial score (nSPS) is 11.5. The molecule has 3 N–H and O–H groups in total. The summed E-state index contributed by atoms with van der Waals surface area (Å²) in [5, 5.41) is 7.61. The monoisotopic (exact) mass is 307 g/mol. The van der Waals surface area contributed by atoms with Gasteiger partial charge in [-0.1, -0.05) is 18.2 Å². The van der Waals surface area contributed by atoms with Gasteiger partial charge in [-0.3, -0.25) is 4.79 Å². The van der Waals surface area contributed by atoms with E-state index >= 15 is 0 Å². The van der Waals surface area contributed by atoms with Crippen molar-refractivity contribution in [3.05, 3.63) is 30.3 Å². The van der Waals surface area contributed by atoms with Gasteiger partial charge in [0.25, 0.3) is 5.91 Å². The number of esters is 1. The van der Waals surface area contributed by atoms with E-state index in [0.29, 0.717) is 5.69 Å². The maximum Gasteiger partial charge on any atom is 0.328 e. The van der Waals surface area contributed by atoms with E-state index in [1.807, 2.05) is 6.07 Å². The Balaban J connectivity index is 2.34. The van der Waals surface area contributed by atoms with Gasteiger partial charge in [-0.2, -0.15) is 0 Å². The van der Waals surface area contributed by atoms with Gasteiger partial charge in [-0.25, -0.2) is 9.59 Å². The summed E-state index contributed by atoms with van der Waals surface area (Å²) in [5.41, 5.74) is 0.608. The number of benzene rings is 1. The number of anilines is 1. The van der Waals surface area contributed by atoms with Crippen molar-refractivity contribution >= 4 is 23.6 Å². The predicted octanol–water partition coefficient (Wildman–Crippen LogP) is 1.26. The van der Waals surface area contributed by atoms with Gasteiger partial charge in [0.1, 0.15) is 6.04 Å². The van der Waals surface area contributed by atoms with E-state index in [4.69, 9.17) is 4.74 Å². The van der Waals surface area contributed by atoms with Crippen molar-refractivity contribution in [1.82, 2.24) is 10.6 Å². The Morgan fingerprint density at radius 2 is 1.68 bits per heavy atom. The van der Waals surface area contributed by atoms with E-state index in [-0.39, 0.29) is 18.6 Å². The quantitative estimate of drug-likeness (QED) is 0.689. The first-order chi connectivity index (χ1) is 10.4. The summed E-state index contributed by atoms with van der Waals surface area (Å²) >= 11 is 0. The summed E-state index contributed by atoms with van der Waals surface area (Å²) < 4.78 is 4.82. The van der Waals surface area contributed by atoms with Crippen molar-refractivity contribution in [2.24, 2.45) is 0 Å². The summed E-state index contributed by atoms with van der Waals surface area (Å²) in [6, 6.07) is 7.40. The van der Waals surface area contributed by atoms with Crippen LogP contribution in [0.4, 0.5) is 10.5 Å². The van der Waals surface area contributed by atoms with Crippen LogP contribution >= 0.6 is 0 Å². The minimum atomic E-state index is -0.865. The molecule has 1 aromatic carbocycles. The Labute approximate surface area is 129 Å². The van der Waals surface area contributed by atoms with Crippen molar-refractivity contribution in [1.29, 1.82) is 0 Å². The van der Waals surface area contributed by atoms with Crippen LogP contribution < -0.4 is 16.0 Å². The molecule has 3 amide bonds. The van der Waals surface area contributed by atoms with Crippen molar-refractivity contribution in [3.8, 4) is 0 Å². The van der Waals surface area contributed by atoms with Crippen LogP contribution in [-0.2, 0) is 14.3 Å². The van der Waals surface area contributed by atoms with Gasteiger partial charge in [-0.05, 0) is 32.9 Å². The Bertz CT molecular complexity index is 517. The van der Waals surface area contributed by atoms with Crippen molar-refractivity contribution in [2.75, 3.05) is 11.9 Å². The minimum absolute atomic E-state index is 0.0293. The number of ether oxygens (including phenoxy) is 1. The third-order valence-corrected chi connectivity index (χ3v) is 2.53. The number of rotatable bonds is 6. The highest BCUT2D eigenvalue weighted by Gasteiger charge is 2.18. The molecule has 0 fully saturated rings. The zero-order valence-corrected chi connectivity index (χ0v) is 12.9. The van der Waals surface area contributed by atoms with E-state index in [0.717, 1.165) is 0 Å². The lowest BCUT2D eigenvalue weighted by Gasteiger charge is -2.14. The van der Waals surface area contributed by atoms with E-state index < -0.39 is 18.0 Å². The Morgan fingerprint density at radius 3 is 2.27 bits per heavy atom. The fourth-order valence-corrected chi connectivity index (χ4v) is 1.57. The highest BCUT2D eigenvalue weighted by molar-refractivity contribution is 5.92. The smallest absolute Gasteiger partial charge is 0.328 e. The minimum Gasteiger partial charge on any atom is -0.454 e. The number of nitrogens with one attached hydrogen (secondary N) is 3. The van der Waals surface area contributed by atoms with Crippen LogP contribution in [0.25, 0.3) is 0 Å².